The van der Waals surface area contributed by atoms with Crippen molar-refractivity contribution in [2.24, 2.45) is 0 Å². The van der Waals surface area contributed by atoms with Crippen LogP contribution in [0.5, 0.6) is 11.5 Å². The van der Waals surface area contributed by atoms with Gasteiger partial charge in [-0.2, -0.15) is 0 Å². The van der Waals surface area contributed by atoms with Crippen molar-refractivity contribution in [2.75, 3.05) is 13.2 Å². The van der Waals surface area contributed by atoms with Crippen LogP contribution in [-0.2, 0) is 4.74 Å². The smallest absolute Gasteiger partial charge is 0.126 e. The van der Waals surface area contributed by atoms with E-state index >= 15 is 0 Å². The van der Waals surface area contributed by atoms with E-state index in [1.165, 1.54) is 0 Å². The number of phenols is 1. The minimum absolute atomic E-state index is 0.252. The Bertz CT molecular complexity index is 305. The molecule has 3 heteroatoms. The van der Waals surface area contributed by atoms with Gasteiger partial charge < -0.3 is 14.6 Å². The van der Waals surface area contributed by atoms with Gasteiger partial charge in [0.15, 0.2) is 0 Å². The number of ether oxygens (including phenoxy) is 2. The van der Waals surface area contributed by atoms with E-state index < -0.39 is 0 Å². The maximum Gasteiger partial charge on any atom is 0.126 e. The molecule has 70 valence electrons. The van der Waals surface area contributed by atoms with E-state index in [9.17, 15) is 5.11 Å². The van der Waals surface area contributed by atoms with Gasteiger partial charge in [-0.3, -0.25) is 0 Å². The van der Waals surface area contributed by atoms with Gasteiger partial charge in [0.25, 0.3) is 0 Å². The zero-order valence-corrected chi connectivity index (χ0v) is 7.49. The summed E-state index contributed by atoms with van der Waals surface area (Å²) in [6.45, 7) is 3.20. The molecular weight excluding hydrogens is 168 g/mol. The Morgan fingerprint density at radius 1 is 1.62 bits per heavy atom. The van der Waals surface area contributed by atoms with E-state index in [0.717, 1.165) is 17.9 Å². The Morgan fingerprint density at radius 3 is 3.08 bits per heavy atom. The molecule has 0 amide bonds. The van der Waals surface area contributed by atoms with Crippen molar-refractivity contribution in [2.45, 2.75) is 13.0 Å². The maximum absolute atomic E-state index is 9.37. The standard InChI is InChI=1S/C10H12O3/c1-7-9(11)3-2-4-10(7)13-6-8-5-12-8/h2-4,8,11H,5-6H2,1H3. The average molecular weight is 180 g/mol. The maximum atomic E-state index is 9.37. The van der Waals surface area contributed by atoms with Crippen LogP contribution in [0.2, 0.25) is 0 Å². The van der Waals surface area contributed by atoms with Crippen LogP contribution in [0, 0.1) is 6.92 Å². The fraction of sp³-hybridized carbons (Fsp3) is 0.400. The van der Waals surface area contributed by atoms with E-state index in [1.807, 2.05) is 13.0 Å². The summed E-state index contributed by atoms with van der Waals surface area (Å²) in [6.07, 6.45) is 0.252. The van der Waals surface area contributed by atoms with Crippen LogP contribution in [0.3, 0.4) is 0 Å². The highest BCUT2D eigenvalue weighted by molar-refractivity contribution is 5.42. The molecule has 0 saturated carbocycles. The van der Waals surface area contributed by atoms with Gasteiger partial charge in [-0.1, -0.05) is 6.07 Å². The minimum atomic E-state index is 0.252. The summed E-state index contributed by atoms with van der Waals surface area (Å²) < 4.78 is 10.5. The Morgan fingerprint density at radius 2 is 2.38 bits per heavy atom. The number of epoxide rings is 1. The fourth-order valence-electron chi connectivity index (χ4n) is 1.11. The van der Waals surface area contributed by atoms with Crippen LogP contribution in [0.25, 0.3) is 0 Å². The molecule has 1 aliphatic rings. The molecule has 0 bridgehead atoms. The lowest BCUT2D eigenvalue weighted by atomic mass is 10.2. The molecule has 1 aromatic rings. The third-order valence-electron chi connectivity index (χ3n) is 2.08. The molecule has 0 spiro atoms. The zero-order chi connectivity index (χ0) is 9.26. The van der Waals surface area contributed by atoms with Gasteiger partial charge in [0, 0.05) is 5.56 Å². The van der Waals surface area contributed by atoms with E-state index in [1.54, 1.807) is 12.1 Å². The normalized spacial score (nSPS) is 19.9. The number of rotatable bonds is 3. The molecule has 0 radical (unpaired) electrons. The summed E-state index contributed by atoms with van der Waals surface area (Å²) in [5.74, 6) is 1.00. The minimum Gasteiger partial charge on any atom is -0.508 e. The summed E-state index contributed by atoms with van der Waals surface area (Å²) in [4.78, 5) is 0. The second kappa shape index (κ2) is 3.26. The molecule has 3 nitrogen and oxygen atoms in total. The summed E-state index contributed by atoms with van der Waals surface area (Å²) in [6, 6.07) is 5.26. The van der Waals surface area contributed by atoms with Gasteiger partial charge in [-0.15, -0.1) is 0 Å². The molecule has 1 fully saturated rings. The fourth-order valence-corrected chi connectivity index (χ4v) is 1.11. The molecule has 1 N–H and O–H groups in total. The van der Waals surface area contributed by atoms with Crippen LogP contribution < -0.4 is 4.74 Å². The summed E-state index contributed by atoms with van der Waals surface area (Å²) >= 11 is 0. The van der Waals surface area contributed by atoms with Crippen LogP contribution in [0.4, 0.5) is 0 Å². The lowest BCUT2D eigenvalue weighted by Gasteiger charge is -2.08. The largest absolute Gasteiger partial charge is 0.508 e. The molecule has 1 aromatic carbocycles. The van der Waals surface area contributed by atoms with Gasteiger partial charge in [0.2, 0.25) is 0 Å². The molecule has 1 heterocycles. The third-order valence-corrected chi connectivity index (χ3v) is 2.08. The predicted molar refractivity (Wildman–Crippen MR) is 48.1 cm³/mol. The second-order valence-corrected chi connectivity index (χ2v) is 3.17. The molecule has 0 aliphatic carbocycles. The van der Waals surface area contributed by atoms with Crippen LogP contribution >= 0.6 is 0 Å². The van der Waals surface area contributed by atoms with Crippen molar-refractivity contribution in [1.82, 2.24) is 0 Å². The van der Waals surface area contributed by atoms with Gasteiger partial charge >= 0.3 is 0 Å². The highest BCUT2D eigenvalue weighted by Crippen LogP contribution is 2.26. The number of benzene rings is 1. The highest BCUT2D eigenvalue weighted by Gasteiger charge is 2.23. The quantitative estimate of drug-likeness (QED) is 0.716. The molecule has 2 rings (SSSR count). The van der Waals surface area contributed by atoms with Crippen molar-refractivity contribution in [1.29, 1.82) is 0 Å². The Balaban J connectivity index is 2.05. The zero-order valence-electron chi connectivity index (χ0n) is 7.49. The SMILES string of the molecule is Cc1c(O)cccc1OCC1CO1. The topological polar surface area (TPSA) is 42.0 Å². The second-order valence-electron chi connectivity index (χ2n) is 3.17. The molecule has 0 aromatic heterocycles. The monoisotopic (exact) mass is 180 g/mol. The first kappa shape index (κ1) is 8.38. The first-order chi connectivity index (χ1) is 6.27. The van der Waals surface area contributed by atoms with Crippen LogP contribution in [-0.4, -0.2) is 24.4 Å². The van der Waals surface area contributed by atoms with Gasteiger partial charge in [-0.05, 0) is 19.1 Å². The highest BCUT2D eigenvalue weighted by atomic mass is 16.6. The lowest BCUT2D eigenvalue weighted by Crippen LogP contribution is -2.04. The van der Waals surface area contributed by atoms with E-state index in [0.29, 0.717) is 6.61 Å². The number of hydrogen-bond donors (Lipinski definition) is 1. The van der Waals surface area contributed by atoms with Gasteiger partial charge in [0.1, 0.15) is 24.2 Å². The van der Waals surface area contributed by atoms with Gasteiger partial charge in [0.05, 0.1) is 6.61 Å². The van der Waals surface area contributed by atoms with E-state index in [-0.39, 0.29) is 11.9 Å². The molecule has 1 unspecified atom stereocenters. The molecule has 1 atom stereocenters. The Kier molecular flexibility index (Phi) is 2.10. The van der Waals surface area contributed by atoms with Crippen molar-refractivity contribution in [3.63, 3.8) is 0 Å². The van der Waals surface area contributed by atoms with Crippen LogP contribution in [0.1, 0.15) is 5.56 Å². The van der Waals surface area contributed by atoms with Crippen molar-refractivity contribution in [3.05, 3.63) is 23.8 Å². The lowest BCUT2D eigenvalue weighted by molar-refractivity contribution is 0.260. The molecule has 1 aliphatic heterocycles. The van der Waals surface area contributed by atoms with Crippen LogP contribution in [0.15, 0.2) is 18.2 Å². The Labute approximate surface area is 76.9 Å². The number of phenolic OH excluding ortho intramolecular Hbond substituents is 1. The molecule has 1 saturated heterocycles. The van der Waals surface area contributed by atoms with Gasteiger partial charge in [-0.25, -0.2) is 0 Å². The predicted octanol–water partition coefficient (Wildman–Crippen LogP) is 1.48. The summed E-state index contributed by atoms with van der Waals surface area (Å²) in [7, 11) is 0. The third kappa shape index (κ3) is 1.92. The summed E-state index contributed by atoms with van der Waals surface area (Å²) in [5, 5.41) is 9.37. The number of aromatic hydroxyl groups is 1. The average Bonchev–Trinajstić information content (AvgIpc) is 2.91. The number of hydrogen-bond acceptors (Lipinski definition) is 3. The van der Waals surface area contributed by atoms with Crippen molar-refractivity contribution < 1.29 is 14.6 Å². The first-order valence-corrected chi connectivity index (χ1v) is 4.30. The first-order valence-electron chi connectivity index (χ1n) is 4.30. The Hall–Kier alpha value is -1.22. The van der Waals surface area contributed by atoms with E-state index in [4.69, 9.17) is 9.47 Å². The van der Waals surface area contributed by atoms with Crippen molar-refractivity contribution >= 4 is 0 Å². The molecular formula is C10H12O3. The molecule has 13 heavy (non-hydrogen) atoms. The van der Waals surface area contributed by atoms with Crippen molar-refractivity contribution in [3.8, 4) is 11.5 Å². The summed E-state index contributed by atoms with van der Waals surface area (Å²) in [5.41, 5.74) is 0.781. The van der Waals surface area contributed by atoms with E-state index in [2.05, 4.69) is 0 Å².